The fourth-order valence-corrected chi connectivity index (χ4v) is 2.73. The van der Waals surface area contributed by atoms with E-state index in [1.165, 1.54) is 0 Å². The minimum atomic E-state index is -0.437. The highest BCUT2D eigenvalue weighted by Gasteiger charge is 2.59. The summed E-state index contributed by atoms with van der Waals surface area (Å²) in [5, 5.41) is 11.1. The molecule has 5 heteroatoms. The number of aliphatic hydroxyl groups is 1. The average Bonchev–Trinajstić information content (AvgIpc) is 2.71. The second-order valence-electron chi connectivity index (χ2n) is 4.82. The van der Waals surface area contributed by atoms with Gasteiger partial charge in [0.15, 0.2) is 0 Å². The van der Waals surface area contributed by atoms with Crippen LogP contribution in [0.15, 0.2) is 18.6 Å². The van der Waals surface area contributed by atoms with Gasteiger partial charge in [-0.15, -0.1) is 0 Å². The Kier molecular flexibility index (Phi) is 1.36. The molecule has 0 spiro atoms. The lowest BCUT2D eigenvalue weighted by molar-refractivity contribution is 0.158. The lowest BCUT2D eigenvalue weighted by Crippen LogP contribution is -2.27. The summed E-state index contributed by atoms with van der Waals surface area (Å²) in [6.07, 6.45) is 4.39. The predicted octanol–water partition coefficient (Wildman–Crippen LogP) is 0.529. The molecule has 2 unspecified atom stereocenters. The molecular weight excluding hydrogens is 204 g/mol. The number of anilines is 1. The third kappa shape index (κ3) is 0.983. The van der Waals surface area contributed by atoms with Gasteiger partial charge in [0.2, 0.25) is 0 Å². The molecule has 1 saturated heterocycles. The van der Waals surface area contributed by atoms with E-state index in [4.69, 9.17) is 0 Å². The molecular formula is C11H12N4O. The first-order chi connectivity index (χ1) is 7.76. The summed E-state index contributed by atoms with van der Waals surface area (Å²) >= 11 is 0. The maximum atomic E-state index is 10.0. The van der Waals surface area contributed by atoms with E-state index < -0.39 is 5.60 Å². The summed E-state index contributed by atoms with van der Waals surface area (Å²) in [4.78, 5) is 13.7. The standard InChI is InChI=1S/C11H12N4O/c16-11-3-7(11)4-15(5-11)10-8-1-2-12-9(8)13-6-14-10/h1-2,6-7,16H,3-5H2,(H,12,13,14). The van der Waals surface area contributed by atoms with Crippen LogP contribution in [0, 0.1) is 5.92 Å². The number of fused-ring (bicyclic) bond motifs is 2. The van der Waals surface area contributed by atoms with E-state index in [0.717, 1.165) is 29.8 Å². The van der Waals surface area contributed by atoms with Crippen LogP contribution in [-0.4, -0.2) is 38.7 Å². The van der Waals surface area contributed by atoms with Crippen molar-refractivity contribution in [2.24, 2.45) is 5.92 Å². The van der Waals surface area contributed by atoms with Gasteiger partial charge in [-0.2, -0.15) is 0 Å². The van der Waals surface area contributed by atoms with Gasteiger partial charge in [0.1, 0.15) is 17.8 Å². The second kappa shape index (κ2) is 2.55. The minimum Gasteiger partial charge on any atom is -0.388 e. The van der Waals surface area contributed by atoms with E-state index in [-0.39, 0.29) is 0 Å². The van der Waals surface area contributed by atoms with Gasteiger partial charge in [0.25, 0.3) is 0 Å². The largest absolute Gasteiger partial charge is 0.388 e. The van der Waals surface area contributed by atoms with Crippen molar-refractivity contribution >= 4 is 16.9 Å². The number of nitrogens with zero attached hydrogens (tertiary/aromatic N) is 3. The van der Waals surface area contributed by atoms with Gasteiger partial charge < -0.3 is 15.0 Å². The molecule has 2 fully saturated rings. The van der Waals surface area contributed by atoms with Crippen molar-refractivity contribution in [1.82, 2.24) is 15.0 Å². The molecule has 82 valence electrons. The van der Waals surface area contributed by atoms with Gasteiger partial charge in [0, 0.05) is 25.2 Å². The normalized spacial score (nSPS) is 32.1. The molecule has 1 aliphatic carbocycles. The maximum absolute atomic E-state index is 10.0. The van der Waals surface area contributed by atoms with E-state index >= 15 is 0 Å². The number of β-amino-alcohol motifs (C(OH)–C–C–N with tert-alkyl or cyclic N) is 1. The van der Waals surface area contributed by atoms with E-state index in [9.17, 15) is 5.11 Å². The first-order valence-electron chi connectivity index (χ1n) is 5.52. The molecule has 0 aromatic carbocycles. The molecule has 3 heterocycles. The van der Waals surface area contributed by atoms with Crippen molar-refractivity contribution < 1.29 is 5.11 Å². The first kappa shape index (κ1) is 8.52. The van der Waals surface area contributed by atoms with Crippen LogP contribution in [0.25, 0.3) is 11.0 Å². The highest BCUT2D eigenvalue weighted by molar-refractivity contribution is 5.87. The zero-order valence-electron chi connectivity index (χ0n) is 8.72. The van der Waals surface area contributed by atoms with Crippen LogP contribution in [0.4, 0.5) is 5.82 Å². The van der Waals surface area contributed by atoms with Gasteiger partial charge in [-0.05, 0) is 12.5 Å². The highest BCUT2D eigenvalue weighted by Crippen LogP contribution is 2.50. The second-order valence-corrected chi connectivity index (χ2v) is 4.82. The zero-order valence-corrected chi connectivity index (χ0v) is 8.72. The van der Waals surface area contributed by atoms with Crippen molar-refractivity contribution in [3.8, 4) is 0 Å². The number of hydrogen-bond donors (Lipinski definition) is 2. The van der Waals surface area contributed by atoms with Gasteiger partial charge >= 0.3 is 0 Å². The number of aromatic nitrogens is 3. The van der Waals surface area contributed by atoms with Crippen LogP contribution < -0.4 is 4.90 Å². The van der Waals surface area contributed by atoms with E-state index in [2.05, 4.69) is 19.9 Å². The number of aromatic amines is 1. The van der Waals surface area contributed by atoms with Crippen molar-refractivity contribution in [2.75, 3.05) is 18.0 Å². The van der Waals surface area contributed by atoms with Crippen LogP contribution >= 0.6 is 0 Å². The van der Waals surface area contributed by atoms with Crippen molar-refractivity contribution in [3.05, 3.63) is 18.6 Å². The summed E-state index contributed by atoms with van der Waals surface area (Å²) < 4.78 is 0. The van der Waals surface area contributed by atoms with Crippen molar-refractivity contribution in [3.63, 3.8) is 0 Å². The van der Waals surface area contributed by atoms with Crippen molar-refractivity contribution in [1.29, 1.82) is 0 Å². The van der Waals surface area contributed by atoms with Crippen LogP contribution in [0.2, 0.25) is 0 Å². The fraction of sp³-hybridized carbons (Fsp3) is 0.455. The molecule has 1 aliphatic heterocycles. The Morgan fingerprint density at radius 2 is 2.44 bits per heavy atom. The smallest absolute Gasteiger partial charge is 0.142 e. The third-order valence-electron chi connectivity index (χ3n) is 3.74. The molecule has 16 heavy (non-hydrogen) atoms. The van der Waals surface area contributed by atoms with Crippen LogP contribution in [0.3, 0.4) is 0 Å². The van der Waals surface area contributed by atoms with Gasteiger partial charge in [0.05, 0.1) is 11.0 Å². The molecule has 0 bridgehead atoms. The minimum absolute atomic E-state index is 0.437. The van der Waals surface area contributed by atoms with Crippen molar-refractivity contribution in [2.45, 2.75) is 12.0 Å². The molecule has 2 aliphatic rings. The molecule has 2 atom stereocenters. The van der Waals surface area contributed by atoms with E-state index in [0.29, 0.717) is 12.5 Å². The molecule has 1 saturated carbocycles. The third-order valence-corrected chi connectivity index (χ3v) is 3.74. The summed E-state index contributed by atoms with van der Waals surface area (Å²) in [7, 11) is 0. The van der Waals surface area contributed by atoms with Crippen LogP contribution in [-0.2, 0) is 0 Å². The molecule has 2 aromatic heterocycles. The topological polar surface area (TPSA) is 65.0 Å². The van der Waals surface area contributed by atoms with Crippen LogP contribution in [0.5, 0.6) is 0 Å². The molecule has 0 amide bonds. The first-order valence-corrected chi connectivity index (χ1v) is 5.52. The monoisotopic (exact) mass is 216 g/mol. The Hall–Kier alpha value is -1.62. The fourth-order valence-electron chi connectivity index (χ4n) is 2.73. The SMILES string of the molecule is OC12CC1CN(c1ncnc3[nH]ccc13)C2. The maximum Gasteiger partial charge on any atom is 0.142 e. The Labute approximate surface area is 92.1 Å². The number of piperidine rings is 1. The summed E-state index contributed by atoms with van der Waals surface area (Å²) in [5.74, 6) is 1.38. The number of hydrogen-bond acceptors (Lipinski definition) is 4. The van der Waals surface area contributed by atoms with Crippen LogP contribution in [0.1, 0.15) is 6.42 Å². The highest BCUT2D eigenvalue weighted by atomic mass is 16.3. The predicted molar refractivity (Wildman–Crippen MR) is 59.2 cm³/mol. The molecule has 4 rings (SSSR count). The average molecular weight is 216 g/mol. The Bertz CT molecular complexity index is 566. The van der Waals surface area contributed by atoms with E-state index in [1.54, 1.807) is 6.33 Å². The van der Waals surface area contributed by atoms with Gasteiger partial charge in [-0.3, -0.25) is 0 Å². The number of nitrogens with one attached hydrogen (secondary N) is 1. The van der Waals surface area contributed by atoms with E-state index in [1.807, 2.05) is 12.3 Å². The molecule has 0 radical (unpaired) electrons. The number of H-pyrrole nitrogens is 1. The molecule has 2 N–H and O–H groups in total. The molecule has 5 nitrogen and oxygen atoms in total. The van der Waals surface area contributed by atoms with Gasteiger partial charge in [-0.1, -0.05) is 0 Å². The Morgan fingerprint density at radius 3 is 3.25 bits per heavy atom. The lowest BCUT2D eigenvalue weighted by atomic mass is 10.3. The molecule has 2 aromatic rings. The Morgan fingerprint density at radius 1 is 1.50 bits per heavy atom. The quantitative estimate of drug-likeness (QED) is 0.729. The summed E-state index contributed by atoms with van der Waals surface area (Å²) in [5.41, 5.74) is 0.422. The summed E-state index contributed by atoms with van der Waals surface area (Å²) in [6, 6.07) is 1.98. The zero-order chi connectivity index (χ0) is 10.8. The lowest BCUT2D eigenvalue weighted by Gasteiger charge is -2.20. The van der Waals surface area contributed by atoms with Gasteiger partial charge in [-0.25, -0.2) is 9.97 Å². The number of rotatable bonds is 1. The summed E-state index contributed by atoms with van der Waals surface area (Å²) in [6.45, 7) is 1.61. The Balaban J connectivity index is 1.79.